The van der Waals surface area contributed by atoms with Crippen LogP contribution in [0.4, 0.5) is 5.69 Å². The van der Waals surface area contributed by atoms with E-state index in [0.717, 1.165) is 36.9 Å². The van der Waals surface area contributed by atoms with E-state index in [2.05, 4.69) is 0 Å². The van der Waals surface area contributed by atoms with Crippen LogP contribution in [0.2, 0.25) is 5.02 Å². The number of fused-ring (bicyclic) bond motifs is 1. The number of hydrogen-bond donors (Lipinski definition) is 0. The highest BCUT2D eigenvalue weighted by molar-refractivity contribution is 7.89. The first-order chi connectivity index (χ1) is 15.3. The van der Waals surface area contributed by atoms with E-state index in [4.69, 9.17) is 16.3 Å². The van der Waals surface area contributed by atoms with Gasteiger partial charge in [-0.05, 0) is 56.0 Å². The first kappa shape index (κ1) is 22.8. The third-order valence-electron chi connectivity index (χ3n) is 5.90. The van der Waals surface area contributed by atoms with Gasteiger partial charge in [-0.2, -0.15) is 4.31 Å². The molecule has 0 bridgehead atoms. The second-order valence-electron chi connectivity index (χ2n) is 8.13. The molecule has 2 aromatic rings. The molecule has 0 radical (unpaired) electrons. The van der Waals surface area contributed by atoms with Crippen molar-refractivity contribution in [3.63, 3.8) is 0 Å². The van der Waals surface area contributed by atoms with E-state index in [1.807, 2.05) is 31.2 Å². The van der Waals surface area contributed by atoms with Gasteiger partial charge in [0.05, 0.1) is 10.6 Å². The highest BCUT2D eigenvalue weighted by Crippen LogP contribution is 2.32. The van der Waals surface area contributed by atoms with Crippen LogP contribution in [-0.2, 0) is 26.0 Å². The molecule has 0 spiro atoms. The molecule has 2 aliphatic rings. The minimum atomic E-state index is -3.82. The van der Waals surface area contributed by atoms with Crippen LogP contribution in [0.3, 0.4) is 0 Å². The fourth-order valence-electron chi connectivity index (χ4n) is 4.30. The Kier molecular flexibility index (Phi) is 6.55. The van der Waals surface area contributed by atoms with E-state index in [1.54, 1.807) is 4.90 Å². The fraction of sp³-hybridized carbons (Fsp3) is 0.391. The van der Waals surface area contributed by atoms with Gasteiger partial charge < -0.3 is 9.64 Å². The molecule has 9 heteroatoms. The van der Waals surface area contributed by atoms with Crippen molar-refractivity contribution in [3.05, 3.63) is 58.6 Å². The van der Waals surface area contributed by atoms with Crippen LogP contribution in [0.1, 0.15) is 42.1 Å². The first-order valence-corrected chi connectivity index (χ1v) is 12.5. The van der Waals surface area contributed by atoms with E-state index in [1.165, 1.54) is 22.5 Å². The Hall–Kier alpha value is -2.42. The Morgan fingerprint density at radius 3 is 2.56 bits per heavy atom. The predicted molar refractivity (Wildman–Crippen MR) is 121 cm³/mol. The van der Waals surface area contributed by atoms with Crippen molar-refractivity contribution >= 4 is 39.2 Å². The van der Waals surface area contributed by atoms with Crippen molar-refractivity contribution in [3.8, 4) is 0 Å². The van der Waals surface area contributed by atoms with Crippen LogP contribution < -0.4 is 4.90 Å². The maximum atomic E-state index is 13.0. The van der Waals surface area contributed by atoms with Gasteiger partial charge in [0.1, 0.15) is 4.90 Å². The van der Waals surface area contributed by atoms with Crippen LogP contribution in [0.25, 0.3) is 0 Å². The largest absolute Gasteiger partial charge is 0.452 e. The van der Waals surface area contributed by atoms with Crippen LogP contribution in [0, 0.1) is 0 Å². The number of piperidine rings is 1. The molecule has 0 saturated carbocycles. The Labute approximate surface area is 193 Å². The molecule has 4 rings (SSSR count). The van der Waals surface area contributed by atoms with Crippen molar-refractivity contribution in [1.29, 1.82) is 0 Å². The van der Waals surface area contributed by atoms with Crippen molar-refractivity contribution < 1.29 is 22.7 Å². The summed E-state index contributed by atoms with van der Waals surface area (Å²) in [5, 5.41) is 0.0469. The van der Waals surface area contributed by atoms with Gasteiger partial charge in [-0.1, -0.05) is 36.2 Å². The second-order valence-corrected chi connectivity index (χ2v) is 10.4. The number of nitrogens with zero attached hydrogens (tertiary/aromatic N) is 2. The number of hydrogen-bond acceptors (Lipinski definition) is 5. The number of sulfonamides is 1. The maximum Gasteiger partial charge on any atom is 0.338 e. The molecule has 170 valence electrons. The highest BCUT2D eigenvalue weighted by atomic mass is 35.5. The van der Waals surface area contributed by atoms with Gasteiger partial charge in [0.2, 0.25) is 10.0 Å². The summed E-state index contributed by atoms with van der Waals surface area (Å²) < 4.78 is 32.6. The monoisotopic (exact) mass is 476 g/mol. The highest BCUT2D eigenvalue weighted by Gasteiger charge is 2.32. The molecule has 32 heavy (non-hydrogen) atoms. The number of benzene rings is 2. The Balaban J connectivity index is 1.47. The summed E-state index contributed by atoms with van der Waals surface area (Å²) in [4.78, 5) is 26.9. The minimum absolute atomic E-state index is 0.0320. The molecule has 1 fully saturated rings. The van der Waals surface area contributed by atoms with Gasteiger partial charge in [0, 0.05) is 24.8 Å². The summed E-state index contributed by atoms with van der Waals surface area (Å²) in [5.41, 5.74) is 1.93. The normalized spacial score (nSPS) is 18.9. The lowest BCUT2D eigenvalue weighted by Crippen LogP contribution is -2.38. The van der Waals surface area contributed by atoms with Crippen molar-refractivity contribution in [1.82, 2.24) is 4.31 Å². The molecule has 1 atom stereocenters. The predicted octanol–water partition coefficient (Wildman–Crippen LogP) is 3.65. The van der Waals surface area contributed by atoms with E-state index in [9.17, 15) is 18.0 Å². The number of carbonyl (C=O) groups is 2. The Bertz CT molecular complexity index is 1140. The van der Waals surface area contributed by atoms with Gasteiger partial charge in [0.15, 0.2) is 6.61 Å². The molecule has 1 amide bonds. The summed E-state index contributed by atoms with van der Waals surface area (Å²) in [6, 6.07) is 11.6. The standard InChI is InChI=1S/C23H25ClN2O5S/c1-16-13-17-7-3-4-8-20(17)26(16)22(27)15-31-23(28)18-9-10-19(24)21(14-18)32(29,30)25-11-5-2-6-12-25/h3-4,7-10,14,16H,2,5-6,11-13,15H2,1H3/t16-/m0/s1. The summed E-state index contributed by atoms with van der Waals surface area (Å²) in [6.07, 6.45) is 3.31. The zero-order valence-electron chi connectivity index (χ0n) is 17.8. The van der Waals surface area contributed by atoms with Gasteiger partial charge in [-0.3, -0.25) is 4.79 Å². The molecular formula is C23H25ClN2O5S. The van der Waals surface area contributed by atoms with Gasteiger partial charge in [-0.25, -0.2) is 13.2 Å². The molecule has 2 aromatic carbocycles. The van der Waals surface area contributed by atoms with Crippen molar-refractivity contribution in [2.24, 2.45) is 0 Å². The molecule has 0 unspecified atom stereocenters. The van der Waals surface area contributed by atoms with Crippen LogP contribution in [0.15, 0.2) is 47.4 Å². The number of esters is 1. The van der Waals surface area contributed by atoms with Gasteiger partial charge in [-0.15, -0.1) is 0 Å². The first-order valence-electron chi connectivity index (χ1n) is 10.7. The zero-order valence-corrected chi connectivity index (χ0v) is 19.4. The fourth-order valence-corrected chi connectivity index (χ4v) is 6.32. The maximum absolute atomic E-state index is 13.0. The average Bonchev–Trinajstić information content (AvgIpc) is 3.13. The molecule has 7 nitrogen and oxygen atoms in total. The summed E-state index contributed by atoms with van der Waals surface area (Å²) >= 11 is 6.16. The number of amides is 1. The average molecular weight is 477 g/mol. The summed E-state index contributed by atoms with van der Waals surface area (Å²) in [5.74, 6) is -1.10. The van der Waals surface area contributed by atoms with Crippen molar-refractivity contribution in [2.75, 3.05) is 24.6 Å². The number of ether oxygens (including phenoxy) is 1. The van der Waals surface area contributed by atoms with Gasteiger partial charge in [0.25, 0.3) is 5.91 Å². The van der Waals surface area contributed by atoms with Crippen LogP contribution in [0.5, 0.6) is 0 Å². The third kappa shape index (κ3) is 4.40. The Morgan fingerprint density at radius 1 is 1.09 bits per heavy atom. The molecule has 2 heterocycles. The quantitative estimate of drug-likeness (QED) is 0.615. The van der Waals surface area contributed by atoms with E-state index >= 15 is 0 Å². The smallest absolute Gasteiger partial charge is 0.338 e. The van der Waals surface area contributed by atoms with Crippen molar-refractivity contribution in [2.45, 2.75) is 43.5 Å². The number of halogens is 1. The number of anilines is 1. The molecule has 2 aliphatic heterocycles. The minimum Gasteiger partial charge on any atom is -0.452 e. The number of carbonyl (C=O) groups excluding carboxylic acids is 2. The molecule has 1 saturated heterocycles. The SMILES string of the molecule is C[C@H]1Cc2ccccc2N1C(=O)COC(=O)c1ccc(Cl)c(S(=O)(=O)N2CCCCC2)c1. The lowest BCUT2D eigenvalue weighted by atomic mass is 10.1. The lowest BCUT2D eigenvalue weighted by molar-refractivity contribution is -0.122. The van der Waals surface area contributed by atoms with E-state index in [-0.39, 0.29) is 27.4 Å². The second kappa shape index (κ2) is 9.21. The Morgan fingerprint density at radius 2 is 1.81 bits per heavy atom. The summed E-state index contributed by atoms with van der Waals surface area (Å²) in [6.45, 7) is 2.36. The lowest BCUT2D eigenvalue weighted by Gasteiger charge is -2.26. The number of rotatable bonds is 5. The van der Waals surface area contributed by atoms with Crippen LogP contribution in [-0.4, -0.2) is 50.3 Å². The number of para-hydroxylation sites is 1. The van der Waals surface area contributed by atoms with Crippen LogP contribution >= 0.6 is 11.6 Å². The molecule has 0 aromatic heterocycles. The molecule has 0 aliphatic carbocycles. The van der Waals surface area contributed by atoms with Gasteiger partial charge >= 0.3 is 5.97 Å². The third-order valence-corrected chi connectivity index (χ3v) is 8.28. The molecule has 0 N–H and O–H groups in total. The summed E-state index contributed by atoms with van der Waals surface area (Å²) in [7, 11) is -3.82. The van der Waals surface area contributed by atoms with E-state index in [0.29, 0.717) is 13.1 Å². The topological polar surface area (TPSA) is 84.0 Å². The molecular weight excluding hydrogens is 452 g/mol. The zero-order chi connectivity index (χ0) is 22.9. The van der Waals surface area contributed by atoms with E-state index < -0.39 is 22.6 Å².